The van der Waals surface area contributed by atoms with Crippen molar-refractivity contribution in [2.75, 3.05) is 29.6 Å². The van der Waals surface area contributed by atoms with E-state index in [1.165, 1.54) is 24.3 Å². The third-order valence-corrected chi connectivity index (χ3v) is 8.20. The smallest absolute Gasteiger partial charge is 0.326 e. The highest BCUT2D eigenvalue weighted by atomic mass is 32.2. The largest absolute Gasteiger partial charge is 0.439 e. The Kier molecular flexibility index (Phi) is 10.1. The number of sulfone groups is 1. The van der Waals surface area contributed by atoms with E-state index < -0.39 is 15.7 Å². The number of benzene rings is 2. The number of aryl methyl sites for hydroxylation is 1. The highest BCUT2D eigenvalue weighted by Gasteiger charge is 2.30. The summed E-state index contributed by atoms with van der Waals surface area (Å²) >= 11 is 0. The SMILES string of the molecule is C.Cc1ccc(NC(=O)N(c2cccc(F)c2)C2CCN(Cc3ccc(Oc4ccc(S(C)(=O)=O)cc4)nc3)CC2)cn1. The lowest BCUT2D eigenvalue weighted by Gasteiger charge is -2.38. The molecule has 0 atom stereocenters. The molecule has 0 spiro atoms. The minimum Gasteiger partial charge on any atom is -0.439 e. The molecule has 4 aromatic rings. The molecule has 2 aromatic heterocycles. The lowest BCUT2D eigenvalue weighted by molar-refractivity contribution is 0.199. The summed E-state index contributed by atoms with van der Waals surface area (Å²) in [7, 11) is -3.27. The Bertz CT molecular complexity index is 1620. The predicted octanol–water partition coefficient (Wildman–Crippen LogP) is 6.46. The summed E-state index contributed by atoms with van der Waals surface area (Å²) in [5, 5.41) is 2.91. The number of urea groups is 1. The summed E-state index contributed by atoms with van der Waals surface area (Å²) < 4.78 is 43.2. The van der Waals surface area contributed by atoms with Crippen LogP contribution in [-0.2, 0) is 16.4 Å². The maximum Gasteiger partial charge on any atom is 0.326 e. The molecule has 0 aliphatic carbocycles. The van der Waals surface area contributed by atoms with Gasteiger partial charge in [-0.05, 0) is 79.9 Å². The molecule has 2 amide bonds. The number of pyridine rings is 2. The molecule has 0 unspecified atom stereocenters. The molecule has 1 N–H and O–H groups in total. The van der Waals surface area contributed by atoms with Crippen LogP contribution in [0, 0.1) is 12.7 Å². The van der Waals surface area contributed by atoms with Crippen LogP contribution in [0.25, 0.3) is 0 Å². The van der Waals surface area contributed by atoms with E-state index in [-0.39, 0.29) is 24.4 Å². The molecule has 3 heterocycles. The second-order valence-corrected chi connectivity index (χ2v) is 12.3. The van der Waals surface area contributed by atoms with Crippen LogP contribution < -0.4 is 15.0 Å². The molecule has 1 fully saturated rings. The zero-order valence-corrected chi connectivity index (χ0v) is 24.2. The van der Waals surface area contributed by atoms with Crippen LogP contribution >= 0.6 is 0 Å². The number of ether oxygens (including phenoxy) is 1. The van der Waals surface area contributed by atoms with E-state index in [9.17, 15) is 17.6 Å². The summed E-state index contributed by atoms with van der Waals surface area (Å²) in [6, 6.07) is 19.2. The standard InChI is InChI=1S/C31H32FN5O4S.CH4/c1-22-6-8-25(20-33-22)35-31(38)37(27-5-3-4-24(32)18-27)26-14-16-36(17-15-26)21-23-7-13-30(34-19-23)41-28-9-11-29(12-10-28)42(2,39)40;/h3-13,18-20,26H,14-17,21H2,1-2H3,(H,35,38);1H4. The summed E-state index contributed by atoms with van der Waals surface area (Å²) in [5.74, 6) is 0.505. The molecule has 0 bridgehead atoms. The molecule has 1 aliphatic heterocycles. The van der Waals surface area contributed by atoms with Gasteiger partial charge >= 0.3 is 6.03 Å². The number of halogens is 1. The zero-order valence-electron chi connectivity index (χ0n) is 23.4. The van der Waals surface area contributed by atoms with Gasteiger partial charge in [0.1, 0.15) is 11.6 Å². The zero-order chi connectivity index (χ0) is 29.7. The molecule has 0 radical (unpaired) electrons. The van der Waals surface area contributed by atoms with Gasteiger partial charge in [-0.25, -0.2) is 22.6 Å². The normalized spacial score (nSPS) is 14.0. The molecule has 1 saturated heterocycles. The van der Waals surface area contributed by atoms with Gasteiger partial charge < -0.3 is 10.1 Å². The van der Waals surface area contributed by atoms with E-state index in [0.717, 1.165) is 30.6 Å². The maximum absolute atomic E-state index is 14.1. The van der Waals surface area contributed by atoms with Crippen molar-refractivity contribution < 1.29 is 22.3 Å². The van der Waals surface area contributed by atoms with Crippen molar-refractivity contribution >= 4 is 27.2 Å². The predicted molar refractivity (Wildman–Crippen MR) is 166 cm³/mol. The van der Waals surface area contributed by atoms with Crippen LogP contribution in [0.3, 0.4) is 0 Å². The number of piperidine rings is 1. The van der Waals surface area contributed by atoms with E-state index >= 15 is 0 Å². The number of aromatic nitrogens is 2. The first-order valence-electron chi connectivity index (χ1n) is 13.6. The van der Waals surface area contributed by atoms with Crippen LogP contribution in [0.5, 0.6) is 11.6 Å². The van der Waals surface area contributed by atoms with Gasteiger partial charge in [0.05, 0.1) is 16.8 Å². The summed E-state index contributed by atoms with van der Waals surface area (Å²) in [6.45, 7) is 4.06. The molecule has 11 heteroatoms. The van der Waals surface area contributed by atoms with E-state index in [4.69, 9.17) is 4.74 Å². The molecular formula is C32H36FN5O4S. The van der Waals surface area contributed by atoms with Gasteiger partial charge in [-0.15, -0.1) is 0 Å². The molecule has 1 aliphatic rings. The van der Waals surface area contributed by atoms with Crippen molar-refractivity contribution in [3.63, 3.8) is 0 Å². The second kappa shape index (κ2) is 13.7. The van der Waals surface area contributed by atoms with Crippen molar-refractivity contribution in [3.8, 4) is 11.6 Å². The van der Waals surface area contributed by atoms with E-state index in [1.54, 1.807) is 53.7 Å². The number of amides is 2. The highest BCUT2D eigenvalue weighted by molar-refractivity contribution is 7.90. The Labute approximate surface area is 252 Å². The van der Waals surface area contributed by atoms with Crippen molar-refractivity contribution in [1.82, 2.24) is 14.9 Å². The fourth-order valence-electron chi connectivity index (χ4n) is 4.88. The molecular weight excluding hydrogens is 569 g/mol. The van der Waals surface area contributed by atoms with Gasteiger partial charge in [0.15, 0.2) is 9.84 Å². The highest BCUT2D eigenvalue weighted by Crippen LogP contribution is 2.27. The molecule has 226 valence electrons. The third kappa shape index (κ3) is 8.36. The van der Waals surface area contributed by atoms with Gasteiger partial charge in [-0.2, -0.15) is 0 Å². The van der Waals surface area contributed by atoms with E-state index in [2.05, 4.69) is 20.2 Å². The van der Waals surface area contributed by atoms with Crippen LogP contribution in [0.15, 0.2) is 90.1 Å². The van der Waals surface area contributed by atoms with E-state index in [1.807, 2.05) is 19.1 Å². The number of nitrogens with one attached hydrogen (secondary N) is 1. The number of hydrogen-bond donors (Lipinski definition) is 1. The molecule has 5 rings (SSSR count). The summed E-state index contributed by atoms with van der Waals surface area (Å²) in [6.07, 6.45) is 5.96. The minimum absolute atomic E-state index is 0. The number of rotatable bonds is 8. The number of anilines is 2. The Morgan fingerprint density at radius 1 is 1.02 bits per heavy atom. The van der Waals surface area contributed by atoms with Crippen molar-refractivity contribution in [3.05, 3.63) is 102 Å². The number of nitrogens with zero attached hydrogens (tertiary/aromatic N) is 4. The van der Waals surface area contributed by atoms with Crippen LogP contribution in [-0.4, -0.2) is 54.7 Å². The molecule has 43 heavy (non-hydrogen) atoms. The molecule has 0 saturated carbocycles. The number of hydrogen-bond acceptors (Lipinski definition) is 7. The third-order valence-electron chi connectivity index (χ3n) is 7.07. The minimum atomic E-state index is -3.27. The first-order chi connectivity index (χ1) is 20.1. The average Bonchev–Trinajstić information content (AvgIpc) is 2.96. The monoisotopic (exact) mass is 605 g/mol. The topological polar surface area (TPSA) is 105 Å². The second-order valence-electron chi connectivity index (χ2n) is 10.3. The molecule has 2 aromatic carbocycles. The first-order valence-corrected chi connectivity index (χ1v) is 15.5. The van der Waals surface area contributed by atoms with Gasteiger partial charge in [0.2, 0.25) is 5.88 Å². The number of likely N-dealkylation sites (tertiary alicyclic amines) is 1. The van der Waals surface area contributed by atoms with Crippen molar-refractivity contribution in [2.24, 2.45) is 0 Å². The van der Waals surface area contributed by atoms with Crippen LogP contribution in [0.4, 0.5) is 20.6 Å². The Morgan fingerprint density at radius 2 is 1.77 bits per heavy atom. The fraction of sp³-hybridized carbons (Fsp3) is 0.281. The van der Waals surface area contributed by atoms with Crippen LogP contribution in [0.2, 0.25) is 0 Å². The molecule has 9 nitrogen and oxygen atoms in total. The van der Waals surface area contributed by atoms with Crippen molar-refractivity contribution in [2.45, 2.75) is 44.7 Å². The fourth-order valence-corrected chi connectivity index (χ4v) is 5.51. The maximum atomic E-state index is 14.1. The van der Waals surface area contributed by atoms with Crippen molar-refractivity contribution in [1.29, 1.82) is 0 Å². The lowest BCUT2D eigenvalue weighted by Crippen LogP contribution is -2.49. The quantitative estimate of drug-likeness (QED) is 0.246. The summed E-state index contributed by atoms with van der Waals surface area (Å²) in [4.78, 5) is 26.2. The van der Waals surface area contributed by atoms with Crippen LogP contribution in [0.1, 0.15) is 31.5 Å². The Morgan fingerprint density at radius 3 is 2.37 bits per heavy atom. The average molecular weight is 606 g/mol. The number of carbonyl (C=O) groups is 1. The number of carbonyl (C=O) groups excluding carboxylic acids is 1. The van der Waals surface area contributed by atoms with E-state index in [0.29, 0.717) is 42.4 Å². The Hall–Kier alpha value is -4.35. The van der Waals surface area contributed by atoms with Gasteiger partial charge in [0.25, 0.3) is 0 Å². The van der Waals surface area contributed by atoms with Gasteiger partial charge in [0, 0.05) is 55.6 Å². The Balaban J connectivity index is 0.00000423. The first kappa shape index (κ1) is 31.6. The van der Waals surface area contributed by atoms with Gasteiger partial charge in [-0.1, -0.05) is 19.6 Å². The summed E-state index contributed by atoms with van der Waals surface area (Å²) in [5.41, 5.74) is 2.95. The van der Waals surface area contributed by atoms with Gasteiger partial charge in [-0.3, -0.25) is 14.8 Å². The lowest BCUT2D eigenvalue weighted by atomic mass is 10.0.